The van der Waals surface area contributed by atoms with Crippen molar-refractivity contribution in [3.05, 3.63) is 0 Å². The van der Waals surface area contributed by atoms with Crippen molar-refractivity contribution in [3.63, 3.8) is 0 Å². The van der Waals surface area contributed by atoms with Gasteiger partial charge in [0.25, 0.3) is 0 Å². The lowest BCUT2D eigenvalue weighted by molar-refractivity contribution is 0.523. The predicted molar refractivity (Wildman–Crippen MR) is 55.5 cm³/mol. The number of hydrogen-bond donors (Lipinski definition) is 1. The normalized spacial score (nSPS) is 14.4. The first kappa shape index (κ1) is 10.4. The van der Waals surface area contributed by atoms with E-state index in [0.29, 0.717) is 15.1 Å². The van der Waals surface area contributed by atoms with Crippen molar-refractivity contribution in [1.29, 1.82) is 0 Å². The monoisotopic (exact) mass is 175 g/mol. The molecule has 0 spiro atoms. The third kappa shape index (κ3) is 8.39. The summed E-state index contributed by atoms with van der Waals surface area (Å²) in [5, 5.41) is 0. The Morgan fingerprint density at radius 1 is 1.20 bits per heavy atom. The molecule has 0 aliphatic carbocycles. The molecule has 0 atom stereocenters. The van der Waals surface area contributed by atoms with E-state index in [1.807, 2.05) is 0 Å². The molecule has 0 aromatic carbocycles. The Labute approximate surface area is 69.7 Å². The average Bonchev–Trinajstić information content (AvgIpc) is 1.78. The van der Waals surface area contributed by atoms with Gasteiger partial charge in [-0.1, -0.05) is 18.6 Å². The minimum absolute atomic E-state index is 0.0808. The molecule has 0 heterocycles. The molecule has 0 bridgehead atoms. The van der Waals surface area contributed by atoms with E-state index in [4.69, 9.17) is 0 Å². The van der Waals surface area contributed by atoms with E-state index in [1.54, 1.807) is 6.04 Å². The van der Waals surface area contributed by atoms with Gasteiger partial charge in [-0.15, -0.1) is 0 Å². The molecule has 0 rings (SSSR count). The molecule has 0 aromatic heterocycles. The lowest BCUT2D eigenvalue weighted by Crippen LogP contribution is -2.38. The fourth-order valence-electron chi connectivity index (χ4n) is 0.838. The summed E-state index contributed by atoms with van der Waals surface area (Å²) in [6.45, 7) is 9.15. The van der Waals surface area contributed by atoms with Crippen LogP contribution in [0.1, 0.15) is 20.8 Å². The fourth-order valence-corrected chi connectivity index (χ4v) is 4.77. The third-order valence-electron chi connectivity index (χ3n) is 1.44. The molecule has 3 heteroatoms. The van der Waals surface area contributed by atoms with Crippen molar-refractivity contribution in [1.82, 2.24) is 4.98 Å². The predicted octanol–water partition coefficient (Wildman–Crippen LogP) is 0.512. The van der Waals surface area contributed by atoms with Gasteiger partial charge in [0.1, 0.15) is 0 Å². The Morgan fingerprint density at radius 2 is 1.80 bits per heavy atom. The summed E-state index contributed by atoms with van der Waals surface area (Å²) >= 11 is 0. The molecule has 0 radical (unpaired) electrons. The summed E-state index contributed by atoms with van der Waals surface area (Å²) in [5.74, 6) is 0. The van der Waals surface area contributed by atoms with Crippen LogP contribution < -0.4 is 4.98 Å². The van der Waals surface area contributed by atoms with Gasteiger partial charge in [0, 0.05) is 15.1 Å². The Bertz CT molecular complexity index is 78.2. The Balaban J connectivity index is 3.04. The number of hydrogen-bond acceptors (Lipinski definition) is 1. The second kappa shape index (κ2) is 5.10. The molecule has 1 nitrogen and oxygen atoms in total. The van der Waals surface area contributed by atoms with Crippen LogP contribution in [-0.4, -0.2) is 24.7 Å². The molecule has 0 saturated carbocycles. The Hall–Kier alpha value is 0.394. The summed E-state index contributed by atoms with van der Waals surface area (Å²) in [6.07, 6.45) is 0. The van der Waals surface area contributed by atoms with Gasteiger partial charge in [0.15, 0.2) is 0 Å². The zero-order chi connectivity index (χ0) is 8.04. The fraction of sp³-hybridized carbons (Fsp3) is 1.00. The molecule has 10 heavy (non-hydrogen) atoms. The van der Waals surface area contributed by atoms with E-state index in [1.165, 1.54) is 6.04 Å². The van der Waals surface area contributed by atoms with E-state index in [2.05, 4.69) is 32.3 Å². The van der Waals surface area contributed by atoms with E-state index >= 15 is 0 Å². The van der Waals surface area contributed by atoms with Crippen LogP contribution in [0.15, 0.2) is 0 Å². The van der Waals surface area contributed by atoms with Crippen molar-refractivity contribution in [2.45, 2.75) is 44.9 Å². The summed E-state index contributed by atoms with van der Waals surface area (Å²) in [7, 11) is 0.425. The summed E-state index contributed by atoms with van der Waals surface area (Å²) < 4.78 is 0. The van der Waals surface area contributed by atoms with E-state index < -0.39 is 0 Å². The zero-order valence-electron chi connectivity index (χ0n) is 7.83. The summed E-state index contributed by atoms with van der Waals surface area (Å²) in [4.78, 5) is 3.62. The molecular formula is C7H21NSi2. The smallest absolute Gasteiger partial charge is 0.0918 e. The second-order valence-electron chi connectivity index (χ2n) is 3.88. The highest BCUT2D eigenvalue weighted by atomic mass is 28.2. The Morgan fingerprint density at radius 3 is 2.20 bits per heavy atom. The van der Waals surface area contributed by atoms with Gasteiger partial charge in [-0.2, -0.15) is 0 Å². The SMILES string of the molecule is C[SiH2]CC[SiH2]NC(C)(C)C. The second-order valence-corrected chi connectivity index (χ2v) is 7.15. The molecule has 0 fully saturated rings. The maximum atomic E-state index is 3.62. The molecular weight excluding hydrogens is 154 g/mol. The van der Waals surface area contributed by atoms with Gasteiger partial charge >= 0.3 is 0 Å². The maximum absolute atomic E-state index is 3.62. The Kier molecular flexibility index (Phi) is 5.30. The largest absolute Gasteiger partial charge is 0.338 e. The van der Waals surface area contributed by atoms with Crippen LogP contribution in [0.5, 0.6) is 0 Å². The van der Waals surface area contributed by atoms with Crippen molar-refractivity contribution in [3.8, 4) is 0 Å². The third-order valence-corrected chi connectivity index (χ3v) is 5.81. The number of rotatable bonds is 4. The lowest BCUT2D eigenvalue weighted by Gasteiger charge is -2.20. The van der Waals surface area contributed by atoms with Gasteiger partial charge < -0.3 is 4.98 Å². The van der Waals surface area contributed by atoms with E-state index in [-0.39, 0.29) is 9.68 Å². The standard InChI is InChI=1S/C7H21NSi2/c1-7(2,3)8-10-6-5-9-4/h8H,5-6,9-10H2,1-4H3. The summed E-state index contributed by atoms with van der Waals surface area (Å²) in [5.41, 5.74) is 0.377. The molecule has 1 N–H and O–H groups in total. The van der Waals surface area contributed by atoms with Crippen molar-refractivity contribution in [2.24, 2.45) is 0 Å². The van der Waals surface area contributed by atoms with Gasteiger partial charge in [-0.25, -0.2) is 0 Å². The minimum Gasteiger partial charge on any atom is -0.338 e. The van der Waals surface area contributed by atoms with Gasteiger partial charge in [0.2, 0.25) is 0 Å². The molecule has 0 amide bonds. The average molecular weight is 175 g/mol. The number of nitrogens with one attached hydrogen (secondary N) is 1. The quantitative estimate of drug-likeness (QED) is 0.485. The lowest BCUT2D eigenvalue weighted by atomic mass is 10.1. The molecule has 0 aromatic rings. The molecule has 0 saturated heterocycles. The van der Waals surface area contributed by atoms with Crippen LogP contribution in [0.2, 0.25) is 18.6 Å². The van der Waals surface area contributed by atoms with Gasteiger partial charge in [-0.05, 0) is 20.8 Å². The first-order chi connectivity index (χ1) is 4.56. The highest BCUT2D eigenvalue weighted by molar-refractivity contribution is 6.39. The highest BCUT2D eigenvalue weighted by Gasteiger charge is 2.06. The molecule has 0 unspecified atom stereocenters. The van der Waals surface area contributed by atoms with Crippen molar-refractivity contribution in [2.75, 3.05) is 0 Å². The van der Waals surface area contributed by atoms with Crippen LogP contribution in [0.25, 0.3) is 0 Å². The first-order valence-electron chi connectivity index (χ1n) is 4.31. The van der Waals surface area contributed by atoms with Crippen LogP contribution in [0.4, 0.5) is 0 Å². The maximum Gasteiger partial charge on any atom is 0.0918 e. The zero-order valence-corrected chi connectivity index (χ0v) is 10.7. The molecule has 62 valence electrons. The van der Waals surface area contributed by atoms with Crippen molar-refractivity contribution < 1.29 is 0 Å². The summed E-state index contributed by atoms with van der Waals surface area (Å²) in [6, 6.07) is 3.06. The topological polar surface area (TPSA) is 12.0 Å². The van der Waals surface area contributed by atoms with Crippen LogP contribution >= 0.6 is 0 Å². The van der Waals surface area contributed by atoms with Gasteiger partial charge in [-0.3, -0.25) is 0 Å². The van der Waals surface area contributed by atoms with E-state index in [0.717, 1.165) is 0 Å². The molecule has 0 aliphatic heterocycles. The van der Waals surface area contributed by atoms with Crippen LogP contribution in [0.3, 0.4) is 0 Å². The van der Waals surface area contributed by atoms with Crippen LogP contribution in [0, 0.1) is 0 Å². The van der Waals surface area contributed by atoms with Crippen LogP contribution in [-0.2, 0) is 0 Å². The van der Waals surface area contributed by atoms with E-state index in [9.17, 15) is 0 Å². The minimum atomic E-state index is 0.0808. The van der Waals surface area contributed by atoms with Gasteiger partial charge in [0.05, 0.1) is 9.68 Å². The highest BCUT2D eigenvalue weighted by Crippen LogP contribution is 1.97. The first-order valence-corrected chi connectivity index (χ1v) is 8.43. The van der Waals surface area contributed by atoms with Crippen molar-refractivity contribution >= 4 is 19.2 Å². The molecule has 0 aliphatic rings.